The van der Waals surface area contributed by atoms with Crippen LogP contribution >= 0.6 is 11.8 Å². The number of aromatic amines is 1. The Balaban J connectivity index is 1.64. The monoisotopic (exact) mass is 392 g/mol. The van der Waals surface area contributed by atoms with Crippen LogP contribution in [-0.2, 0) is 0 Å². The number of anilines is 1. The van der Waals surface area contributed by atoms with Gasteiger partial charge in [0.25, 0.3) is 0 Å². The third-order valence-electron chi connectivity index (χ3n) is 5.14. The average Bonchev–Trinajstić information content (AvgIpc) is 3.12. The topological polar surface area (TPSA) is 114 Å². The van der Waals surface area contributed by atoms with E-state index >= 15 is 0 Å². The van der Waals surface area contributed by atoms with Gasteiger partial charge in [-0.25, -0.2) is 4.98 Å². The zero-order valence-corrected chi connectivity index (χ0v) is 16.4. The molecule has 0 saturated heterocycles. The number of H-pyrrole nitrogens is 1. The van der Waals surface area contributed by atoms with Crippen LogP contribution in [0.1, 0.15) is 37.7 Å². The predicted molar refractivity (Wildman–Crippen MR) is 118 cm³/mol. The highest BCUT2D eigenvalue weighted by molar-refractivity contribution is 8.26. The zero-order valence-electron chi connectivity index (χ0n) is 15.6. The molecule has 28 heavy (non-hydrogen) atoms. The van der Waals surface area contributed by atoms with Gasteiger partial charge in [0.05, 0.1) is 5.69 Å². The largest absolute Gasteiger partial charge is 0.378 e. The van der Waals surface area contributed by atoms with Crippen LogP contribution in [0.25, 0.3) is 22.2 Å². The Bertz CT molecular complexity index is 1020. The molecule has 1 fully saturated rings. The van der Waals surface area contributed by atoms with Gasteiger partial charge in [-0.2, -0.15) is 0 Å². The lowest BCUT2D eigenvalue weighted by molar-refractivity contribution is 0.462. The fraction of sp³-hybridized carbons (Fsp3) is 0.286. The summed E-state index contributed by atoms with van der Waals surface area (Å²) in [6, 6.07) is 12.4. The lowest BCUT2D eigenvalue weighted by atomic mass is 9.95. The molecule has 6 N–H and O–H groups in total. The molecule has 0 aliphatic heterocycles. The number of fused-ring (bicyclic) bond motifs is 1. The van der Waals surface area contributed by atoms with E-state index in [4.69, 9.17) is 21.5 Å². The van der Waals surface area contributed by atoms with E-state index in [9.17, 15) is 0 Å². The summed E-state index contributed by atoms with van der Waals surface area (Å²) in [7, 11) is 0. The first-order chi connectivity index (χ1) is 13.6. The summed E-state index contributed by atoms with van der Waals surface area (Å²) in [5.74, 6) is 0.912. The van der Waals surface area contributed by atoms with Gasteiger partial charge in [-0.1, -0.05) is 31.4 Å². The van der Waals surface area contributed by atoms with E-state index in [1.807, 2.05) is 42.6 Å². The smallest absolute Gasteiger partial charge is 0.157 e. The van der Waals surface area contributed by atoms with E-state index in [0.29, 0.717) is 6.04 Å². The minimum absolute atomic E-state index is 0.0810. The number of nitrogens with zero attached hydrogens (tertiary/aromatic N) is 1. The number of aromatic nitrogens is 2. The highest BCUT2D eigenvalue weighted by Gasteiger charge is 2.15. The number of pyridine rings is 1. The molecular weight excluding hydrogens is 368 g/mol. The van der Waals surface area contributed by atoms with Crippen molar-refractivity contribution in [3.8, 4) is 11.3 Å². The molecule has 1 aliphatic carbocycles. The van der Waals surface area contributed by atoms with Gasteiger partial charge in [0, 0.05) is 34.3 Å². The molecule has 0 atom stereocenters. The fourth-order valence-corrected chi connectivity index (χ4v) is 4.23. The second-order valence-corrected chi connectivity index (χ2v) is 8.20. The average molecular weight is 393 g/mol. The van der Waals surface area contributed by atoms with Crippen molar-refractivity contribution in [2.45, 2.75) is 38.1 Å². The number of hydrogen-bond donors (Lipinski definition) is 5. The molecule has 6 nitrogen and oxygen atoms in total. The summed E-state index contributed by atoms with van der Waals surface area (Å²) >= 11 is 0.951. The third-order valence-corrected chi connectivity index (χ3v) is 5.80. The van der Waals surface area contributed by atoms with Gasteiger partial charge < -0.3 is 16.0 Å². The van der Waals surface area contributed by atoms with Crippen LogP contribution < -0.4 is 11.1 Å². The molecule has 0 spiro atoms. The molecule has 1 aliphatic rings. The zero-order chi connectivity index (χ0) is 19.5. The molecule has 1 saturated carbocycles. The van der Waals surface area contributed by atoms with E-state index in [-0.39, 0.29) is 10.2 Å². The van der Waals surface area contributed by atoms with E-state index in [2.05, 4.69) is 10.3 Å². The van der Waals surface area contributed by atoms with Crippen molar-refractivity contribution in [2.75, 3.05) is 5.32 Å². The molecule has 3 aromatic rings. The van der Waals surface area contributed by atoms with Crippen LogP contribution in [0.4, 0.5) is 5.82 Å². The predicted octanol–water partition coefficient (Wildman–Crippen LogP) is 4.93. The Morgan fingerprint density at radius 3 is 2.75 bits per heavy atom. The number of nitrogens with one attached hydrogen (secondary N) is 4. The van der Waals surface area contributed by atoms with E-state index in [0.717, 1.165) is 45.3 Å². The van der Waals surface area contributed by atoms with E-state index in [1.165, 1.54) is 32.1 Å². The maximum absolute atomic E-state index is 8.15. The van der Waals surface area contributed by atoms with Gasteiger partial charge in [0.15, 0.2) is 5.17 Å². The van der Waals surface area contributed by atoms with Crippen LogP contribution in [-0.4, -0.2) is 26.2 Å². The van der Waals surface area contributed by atoms with Gasteiger partial charge >= 0.3 is 0 Å². The quantitative estimate of drug-likeness (QED) is 0.320. The van der Waals surface area contributed by atoms with Crippen molar-refractivity contribution in [1.29, 1.82) is 10.8 Å². The molecule has 0 radical (unpaired) electrons. The Morgan fingerprint density at radius 2 is 1.96 bits per heavy atom. The number of hydrogen-bond acceptors (Lipinski definition) is 5. The fourth-order valence-electron chi connectivity index (χ4n) is 3.76. The Hall–Kier alpha value is -2.80. The van der Waals surface area contributed by atoms with Crippen LogP contribution in [0.15, 0.2) is 42.6 Å². The van der Waals surface area contributed by atoms with Gasteiger partial charge in [-0.15, -0.1) is 0 Å². The molecule has 0 bridgehead atoms. The molecule has 4 rings (SSSR count). The maximum atomic E-state index is 8.15. The minimum atomic E-state index is -0.0810. The minimum Gasteiger partial charge on any atom is -0.378 e. The summed E-state index contributed by atoms with van der Waals surface area (Å²) in [6.45, 7) is 0. The summed E-state index contributed by atoms with van der Waals surface area (Å²) in [5, 5.41) is 20.3. The first kappa shape index (κ1) is 18.6. The maximum Gasteiger partial charge on any atom is 0.157 e. The van der Waals surface area contributed by atoms with Gasteiger partial charge in [0.2, 0.25) is 0 Å². The summed E-state index contributed by atoms with van der Waals surface area (Å²) in [4.78, 5) is 8.13. The molecule has 2 aromatic heterocycles. The summed E-state index contributed by atoms with van der Waals surface area (Å²) in [5.41, 5.74) is 9.06. The van der Waals surface area contributed by atoms with Crippen molar-refractivity contribution in [2.24, 2.45) is 5.73 Å². The molecule has 0 unspecified atom stereocenters. The number of amidine groups is 1. The van der Waals surface area contributed by atoms with E-state index < -0.39 is 0 Å². The van der Waals surface area contributed by atoms with Gasteiger partial charge in [-0.05, 0) is 48.9 Å². The van der Waals surface area contributed by atoms with Crippen molar-refractivity contribution in [3.63, 3.8) is 0 Å². The normalized spacial score (nSPS) is 14.9. The lowest BCUT2D eigenvalue weighted by Gasteiger charge is -2.23. The second kappa shape index (κ2) is 8.06. The third kappa shape index (κ3) is 4.04. The Labute approximate surface area is 168 Å². The molecule has 1 aromatic carbocycles. The Morgan fingerprint density at radius 1 is 1.14 bits per heavy atom. The van der Waals surface area contributed by atoms with Crippen LogP contribution in [0, 0.1) is 10.8 Å². The standard InChI is InChI=1S/C21H24N6S/c22-20(28-21(23)24)13-9-10-17-15(11-13)16(12-25-17)18-7-4-8-19(27-18)26-14-5-2-1-3-6-14/h4,7-12,14,22,25H,1-3,5-6H2,(H3,23,24)(H,26,27). The summed E-state index contributed by atoms with van der Waals surface area (Å²) in [6.07, 6.45) is 8.28. The number of rotatable bonds is 4. The van der Waals surface area contributed by atoms with Crippen molar-refractivity contribution >= 4 is 38.7 Å². The molecule has 144 valence electrons. The van der Waals surface area contributed by atoms with Crippen molar-refractivity contribution < 1.29 is 0 Å². The van der Waals surface area contributed by atoms with Gasteiger partial charge in [0.1, 0.15) is 10.9 Å². The molecule has 2 heterocycles. The van der Waals surface area contributed by atoms with Crippen LogP contribution in [0.5, 0.6) is 0 Å². The van der Waals surface area contributed by atoms with Crippen molar-refractivity contribution in [1.82, 2.24) is 9.97 Å². The molecular formula is C21H24N6S. The first-order valence-electron chi connectivity index (χ1n) is 9.56. The second-order valence-electron chi connectivity index (χ2n) is 7.15. The first-order valence-corrected chi connectivity index (χ1v) is 10.4. The number of nitrogens with two attached hydrogens (primary N) is 1. The van der Waals surface area contributed by atoms with Crippen LogP contribution in [0.2, 0.25) is 0 Å². The van der Waals surface area contributed by atoms with Crippen LogP contribution in [0.3, 0.4) is 0 Å². The number of thioether (sulfide) groups is 1. The lowest BCUT2D eigenvalue weighted by Crippen LogP contribution is -2.22. The number of benzene rings is 1. The highest BCUT2D eigenvalue weighted by Crippen LogP contribution is 2.30. The molecule has 0 amide bonds. The summed E-state index contributed by atoms with van der Waals surface area (Å²) < 4.78 is 0. The molecule has 7 heteroatoms. The Kier molecular flexibility index (Phi) is 5.34. The van der Waals surface area contributed by atoms with E-state index in [1.54, 1.807) is 0 Å². The highest BCUT2D eigenvalue weighted by atomic mass is 32.2. The SMILES string of the molecule is N=C(N)SC(=N)c1ccc2[nH]cc(-c3cccc(NC4CCCCC4)n3)c2c1. The van der Waals surface area contributed by atoms with Gasteiger partial charge in [-0.3, -0.25) is 10.8 Å². The van der Waals surface area contributed by atoms with Crippen molar-refractivity contribution in [3.05, 3.63) is 48.2 Å².